The number of methoxy groups -OCH3 is 1. The molecule has 1 fully saturated rings. The van der Waals surface area contributed by atoms with E-state index in [4.69, 9.17) is 10.5 Å². The first kappa shape index (κ1) is 21.5. The summed E-state index contributed by atoms with van der Waals surface area (Å²) in [5.41, 5.74) is 8.14. The van der Waals surface area contributed by atoms with E-state index in [-0.39, 0.29) is 18.0 Å². The maximum atomic E-state index is 12.7. The monoisotopic (exact) mass is 431 g/mol. The van der Waals surface area contributed by atoms with E-state index in [1.165, 1.54) is 5.39 Å². The van der Waals surface area contributed by atoms with Crippen LogP contribution in [0, 0.1) is 0 Å². The van der Waals surface area contributed by atoms with Crippen LogP contribution in [0.1, 0.15) is 18.5 Å². The van der Waals surface area contributed by atoms with E-state index in [1.807, 2.05) is 49.4 Å². The molecule has 0 radical (unpaired) electrons. The van der Waals surface area contributed by atoms with Crippen molar-refractivity contribution in [1.29, 1.82) is 0 Å². The van der Waals surface area contributed by atoms with Crippen LogP contribution in [-0.4, -0.2) is 50.2 Å². The molecule has 0 saturated carbocycles. The number of carbonyl (C=O) groups is 1. The molecule has 32 heavy (non-hydrogen) atoms. The zero-order valence-corrected chi connectivity index (χ0v) is 18.5. The molecule has 0 aromatic heterocycles. The van der Waals surface area contributed by atoms with Crippen LogP contribution in [0.2, 0.25) is 0 Å². The van der Waals surface area contributed by atoms with Gasteiger partial charge in [-0.05, 0) is 41.5 Å². The molecule has 1 aliphatic rings. The van der Waals surface area contributed by atoms with Crippen molar-refractivity contribution in [2.24, 2.45) is 10.7 Å². The molecule has 1 aliphatic heterocycles. The summed E-state index contributed by atoms with van der Waals surface area (Å²) in [5, 5.41) is 5.07. The van der Waals surface area contributed by atoms with Crippen molar-refractivity contribution in [2.45, 2.75) is 13.0 Å². The van der Waals surface area contributed by atoms with Gasteiger partial charge in [0.25, 0.3) is 0 Å². The van der Waals surface area contributed by atoms with Gasteiger partial charge >= 0.3 is 6.03 Å². The van der Waals surface area contributed by atoms with E-state index in [9.17, 15) is 4.79 Å². The molecule has 3 N–H and O–H groups in total. The molecule has 166 valence electrons. The van der Waals surface area contributed by atoms with Gasteiger partial charge in [-0.25, -0.2) is 9.79 Å². The fraction of sp³-hybridized carbons (Fsp3) is 0.280. The van der Waals surface area contributed by atoms with Crippen molar-refractivity contribution in [1.82, 2.24) is 10.2 Å². The van der Waals surface area contributed by atoms with Crippen LogP contribution in [0.4, 0.5) is 10.5 Å². The zero-order valence-electron chi connectivity index (χ0n) is 18.5. The largest absolute Gasteiger partial charge is 0.495 e. The summed E-state index contributed by atoms with van der Waals surface area (Å²) in [6, 6.07) is 22.0. The van der Waals surface area contributed by atoms with Gasteiger partial charge in [0.1, 0.15) is 5.75 Å². The van der Waals surface area contributed by atoms with E-state index < -0.39 is 0 Å². The number of benzene rings is 3. The number of guanidine groups is 1. The second-order valence-electron chi connectivity index (χ2n) is 7.87. The van der Waals surface area contributed by atoms with E-state index in [1.54, 1.807) is 12.0 Å². The number of aliphatic imine (C=N–C) groups is 1. The lowest BCUT2D eigenvalue weighted by Crippen LogP contribution is -2.54. The number of piperazine rings is 1. The first-order valence-corrected chi connectivity index (χ1v) is 10.8. The van der Waals surface area contributed by atoms with Crippen LogP contribution in [-0.2, 0) is 0 Å². The Bertz CT molecular complexity index is 1120. The number of carbonyl (C=O) groups excluding carboxylic acids is 1. The van der Waals surface area contributed by atoms with Crippen molar-refractivity contribution < 1.29 is 9.53 Å². The molecular weight excluding hydrogens is 402 g/mol. The maximum Gasteiger partial charge on any atom is 0.324 e. The molecule has 1 saturated heterocycles. The van der Waals surface area contributed by atoms with Crippen LogP contribution in [0.25, 0.3) is 10.8 Å². The summed E-state index contributed by atoms with van der Waals surface area (Å²) in [6.07, 6.45) is 0. The fourth-order valence-electron chi connectivity index (χ4n) is 4.01. The van der Waals surface area contributed by atoms with Gasteiger partial charge in [0, 0.05) is 26.2 Å². The van der Waals surface area contributed by atoms with E-state index in [2.05, 4.69) is 39.5 Å². The van der Waals surface area contributed by atoms with Gasteiger partial charge in [0.05, 0.1) is 18.8 Å². The smallest absolute Gasteiger partial charge is 0.324 e. The average Bonchev–Trinajstić information content (AvgIpc) is 2.83. The molecule has 7 nitrogen and oxygen atoms in total. The van der Waals surface area contributed by atoms with Gasteiger partial charge in [0.2, 0.25) is 0 Å². The Balaban J connectivity index is 1.34. The Morgan fingerprint density at radius 2 is 1.69 bits per heavy atom. The predicted molar refractivity (Wildman–Crippen MR) is 129 cm³/mol. The summed E-state index contributed by atoms with van der Waals surface area (Å²) in [5.74, 6) is 0.965. The van der Waals surface area contributed by atoms with Crippen LogP contribution in [0.15, 0.2) is 71.7 Å². The molecule has 4 rings (SSSR count). The van der Waals surface area contributed by atoms with Crippen LogP contribution in [0.5, 0.6) is 5.75 Å². The summed E-state index contributed by atoms with van der Waals surface area (Å²) < 4.78 is 5.46. The quantitative estimate of drug-likeness (QED) is 0.487. The highest BCUT2D eigenvalue weighted by Gasteiger charge is 2.23. The van der Waals surface area contributed by atoms with Crippen molar-refractivity contribution >= 4 is 28.5 Å². The number of para-hydroxylation sites is 2. The normalized spacial score (nSPS) is 15.5. The second-order valence-corrected chi connectivity index (χ2v) is 7.87. The molecule has 1 atom stereocenters. The Morgan fingerprint density at radius 3 is 2.44 bits per heavy atom. The first-order chi connectivity index (χ1) is 15.5. The lowest BCUT2D eigenvalue weighted by Gasteiger charge is -2.36. The Morgan fingerprint density at radius 1 is 1.00 bits per heavy atom. The Hall–Kier alpha value is -3.74. The van der Waals surface area contributed by atoms with E-state index >= 15 is 0 Å². The van der Waals surface area contributed by atoms with Crippen LogP contribution in [0.3, 0.4) is 0 Å². The zero-order chi connectivity index (χ0) is 22.5. The van der Waals surface area contributed by atoms with Gasteiger partial charge in [-0.15, -0.1) is 0 Å². The van der Waals surface area contributed by atoms with Crippen LogP contribution < -0.4 is 20.7 Å². The lowest BCUT2D eigenvalue weighted by atomic mass is 10.0. The van der Waals surface area contributed by atoms with Gasteiger partial charge in [-0.2, -0.15) is 0 Å². The number of amides is 2. The highest BCUT2D eigenvalue weighted by atomic mass is 16.5. The molecule has 3 aromatic rings. The maximum absolute atomic E-state index is 12.7. The fourth-order valence-corrected chi connectivity index (χ4v) is 4.01. The Labute approximate surface area is 188 Å². The molecule has 0 bridgehead atoms. The van der Waals surface area contributed by atoms with Gasteiger partial charge < -0.3 is 20.3 Å². The number of ether oxygens (including phenoxy) is 1. The topological polar surface area (TPSA) is 83.2 Å². The molecule has 2 amide bonds. The van der Waals surface area contributed by atoms with Gasteiger partial charge in [-0.3, -0.25) is 5.32 Å². The highest BCUT2D eigenvalue weighted by Crippen LogP contribution is 2.28. The second kappa shape index (κ2) is 9.60. The summed E-state index contributed by atoms with van der Waals surface area (Å²) in [4.78, 5) is 21.1. The average molecular weight is 432 g/mol. The standard InChI is InChI=1S/C25H29N5O2/c1-18(20-12-11-19-7-3-4-8-21(19)17-20)27-24(26)28-25(31)30-15-13-29(14-16-30)22-9-5-6-10-23(22)32-2/h3-12,17-18H,13-16H2,1-2H3,(H3,26,27,28,31). The predicted octanol–water partition coefficient (Wildman–Crippen LogP) is 3.76. The third kappa shape index (κ3) is 4.77. The van der Waals surface area contributed by atoms with Crippen molar-refractivity contribution in [3.8, 4) is 5.75 Å². The number of fused-ring (bicyclic) bond motifs is 1. The van der Waals surface area contributed by atoms with E-state index in [0.29, 0.717) is 13.1 Å². The van der Waals surface area contributed by atoms with Crippen molar-refractivity contribution in [3.63, 3.8) is 0 Å². The number of nitrogens with zero attached hydrogens (tertiary/aromatic N) is 3. The number of hydrogen-bond acceptors (Lipinski definition) is 4. The van der Waals surface area contributed by atoms with Gasteiger partial charge in [-0.1, -0.05) is 48.5 Å². The SMILES string of the molecule is COc1ccccc1N1CCN(C(=O)NC(N)=NC(C)c2ccc3ccccc3c2)CC1. The van der Waals surface area contributed by atoms with Gasteiger partial charge in [0.15, 0.2) is 5.96 Å². The summed E-state index contributed by atoms with van der Waals surface area (Å²) in [6.45, 7) is 4.60. The molecule has 1 heterocycles. The minimum atomic E-state index is -0.225. The number of hydrogen-bond donors (Lipinski definition) is 2. The molecular formula is C25H29N5O2. The molecule has 0 spiro atoms. The third-order valence-corrected chi connectivity index (χ3v) is 5.82. The highest BCUT2D eigenvalue weighted by molar-refractivity contribution is 5.95. The molecule has 1 unspecified atom stereocenters. The van der Waals surface area contributed by atoms with E-state index in [0.717, 1.165) is 35.5 Å². The summed E-state index contributed by atoms with van der Waals surface area (Å²) >= 11 is 0. The number of nitrogens with two attached hydrogens (primary N) is 1. The number of anilines is 1. The molecule has 7 heteroatoms. The molecule has 3 aromatic carbocycles. The Kier molecular flexibility index (Phi) is 6.44. The van der Waals surface area contributed by atoms with Crippen molar-refractivity contribution in [2.75, 3.05) is 38.2 Å². The number of rotatable bonds is 4. The van der Waals surface area contributed by atoms with Crippen molar-refractivity contribution in [3.05, 3.63) is 72.3 Å². The summed E-state index contributed by atoms with van der Waals surface area (Å²) in [7, 11) is 1.67. The minimum Gasteiger partial charge on any atom is -0.495 e. The number of urea groups is 1. The first-order valence-electron chi connectivity index (χ1n) is 10.8. The number of nitrogens with one attached hydrogen (secondary N) is 1. The third-order valence-electron chi connectivity index (χ3n) is 5.82. The molecule has 0 aliphatic carbocycles. The lowest BCUT2D eigenvalue weighted by molar-refractivity contribution is 0.199. The minimum absolute atomic E-state index is 0.128. The van der Waals surface area contributed by atoms with Crippen LogP contribution >= 0.6 is 0 Å².